The van der Waals surface area contributed by atoms with Gasteiger partial charge in [-0.15, -0.1) is 0 Å². The van der Waals surface area contributed by atoms with Gasteiger partial charge in [-0.05, 0) is 24.3 Å². The highest BCUT2D eigenvalue weighted by atomic mass is 32.2. The lowest BCUT2D eigenvalue weighted by molar-refractivity contribution is -0.196. The fourth-order valence-corrected chi connectivity index (χ4v) is 4.43. The van der Waals surface area contributed by atoms with Crippen LogP contribution in [0.2, 0.25) is 0 Å². The molecule has 1 aliphatic carbocycles. The molecule has 1 spiro atoms. The molecule has 1 saturated carbocycles. The number of aromatic nitrogens is 3. The van der Waals surface area contributed by atoms with E-state index in [0.29, 0.717) is 11.5 Å². The number of fused-ring (bicyclic) bond motifs is 1. The molecule has 0 aromatic carbocycles. The van der Waals surface area contributed by atoms with E-state index in [4.69, 9.17) is 9.88 Å². The second-order valence-corrected chi connectivity index (χ2v) is 7.59. The van der Waals surface area contributed by atoms with E-state index in [2.05, 4.69) is 15.0 Å². The molecule has 9 nitrogen and oxygen atoms in total. The smallest absolute Gasteiger partial charge is 0.156 e. The van der Waals surface area contributed by atoms with E-state index in [1.165, 1.54) is 0 Å². The van der Waals surface area contributed by atoms with Crippen LogP contribution >= 0.6 is 12.1 Å². The highest BCUT2D eigenvalue weighted by Gasteiger charge is 2.54. The molecule has 4 rings (SSSR count). The van der Waals surface area contributed by atoms with Crippen LogP contribution in [0.15, 0.2) is 12.5 Å². The lowest BCUT2D eigenvalue weighted by atomic mass is 9.60. The number of nitrogens with zero attached hydrogens (tertiary/aromatic N) is 6. The first-order chi connectivity index (χ1) is 12.0. The van der Waals surface area contributed by atoms with Gasteiger partial charge in [-0.1, -0.05) is 0 Å². The van der Waals surface area contributed by atoms with Crippen LogP contribution in [0.5, 0.6) is 5.75 Å². The Labute approximate surface area is 150 Å². The molecule has 3 heterocycles. The molecule has 2 aromatic rings. The van der Waals surface area contributed by atoms with Crippen molar-refractivity contribution in [1.29, 1.82) is 0 Å². The van der Waals surface area contributed by atoms with Gasteiger partial charge in [-0.25, -0.2) is 14.5 Å². The van der Waals surface area contributed by atoms with Crippen LogP contribution < -0.4 is 14.8 Å². The first kappa shape index (κ1) is 16.9. The molecule has 0 amide bonds. The summed E-state index contributed by atoms with van der Waals surface area (Å²) < 4.78 is 8.24. The van der Waals surface area contributed by atoms with Crippen LogP contribution in [0.3, 0.4) is 0 Å². The molecular weight excluding hydrogens is 342 g/mol. The summed E-state index contributed by atoms with van der Waals surface area (Å²) in [5, 5.41) is 21.2. The van der Waals surface area contributed by atoms with Gasteiger partial charge in [0.2, 0.25) is 0 Å². The Kier molecular flexibility index (Phi) is 4.04. The summed E-state index contributed by atoms with van der Waals surface area (Å²) in [4.78, 5) is 6.82. The summed E-state index contributed by atoms with van der Waals surface area (Å²) in [6.07, 6.45) is 5.57. The van der Waals surface area contributed by atoms with E-state index < -0.39 is 0 Å². The Hall–Kier alpha value is -1.59. The van der Waals surface area contributed by atoms with Gasteiger partial charge in [0, 0.05) is 49.3 Å². The van der Waals surface area contributed by atoms with Crippen molar-refractivity contribution in [2.45, 2.75) is 25.8 Å². The van der Waals surface area contributed by atoms with Crippen molar-refractivity contribution in [3.8, 4) is 5.75 Å². The summed E-state index contributed by atoms with van der Waals surface area (Å²) in [7, 11) is 3.53. The number of methoxy groups -OCH3 is 1. The molecule has 0 unspecified atom stereocenters. The average molecular weight is 365 g/mol. The minimum Gasteiger partial charge on any atom is -0.495 e. The van der Waals surface area contributed by atoms with Crippen molar-refractivity contribution in [1.82, 2.24) is 24.2 Å². The van der Waals surface area contributed by atoms with Crippen molar-refractivity contribution in [3.05, 3.63) is 18.1 Å². The van der Waals surface area contributed by atoms with Gasteiger partial charge >= 0.3 is 0 Å². The largest absolute Gasteiger partial charge is 0.495 e. The SMILES string of the molecule is COc1cn2ncnc(N3CC4(CC(N(C)N(O)SN)C4)C3)c2c1C. The second kappa shape index (κ2) is 5.99. The molecule has 2 aromatic heterocycles. The normalized spacial score (nSPS) is 19.7. The van der Waals surface area contributed by atoms with Gasteiger partial charge in [-0.3, -0.25) is 10.3 Å². The standard InChI is InChI=1S/C15H23N7O2S/c1-10-12(24-3)6-21-13(10)14(17-9-18-21)20-7-15(8-20)4-11(5-15)19(2)22(23)25-16/h6,9,11,23H,4-5,7-8,16H2,1-3H3. The Bertz CT molecular complexity index is 784. The van der Waals surface area contributed by atoms with Gasteiger partial charge in [-0.2, -0.15) is 5.10 Å². The highest BCUT2D eigenvalue weighted by molar-refractivity contribution is 7.94. The third-order valence-electron chi connectivity index (χ3n) is 5.56. The van der Waals surface area contributed by atoms with E-state index >= 15 is 0 Å². The van der Waals surface area contributed by atoms with Crippen LogP contribution in [0.4, 0.5) is 5.82 Å². The number of hydrogen-bond donors (Lipinski definition) is 2. The molecule has 25 heavy (non-hydrogen) atoms. The Morgan fingerprint density at radius 2 is 2.16 bits per heavy atom. The number of nitrogens with two attached hydrogens (primary N) is 1. The summed E-state index contributed by atoms with van der Waals surface area (Å²) in [5.41, 5.74) is 2.37. The minimum atomic E-state index is 0.311. The fourth-order valence-electron chi connectivity index (χ4n) is 4.15. The fraction of sp³-hybridized carbons (Fsp3) is 0.600. The Morgan fingerprint density at radius 1 is 1.44 bits per heavy atom. The molecule has 136 valence electrons. The summed E-state index contributed by atoms with van der Waals surface area (Å²) >= 11 is 0.814. The molecule has 10 heteroatoms. The maximum atomic E-state index is 9.68. The van der Waals surface area contributed by atoms with Crippen molar-refractivity contribution in [2.24, 2.45) is 10.6 Å². The third kappa shape index (κ3) is 2.56. The zero-order chi connectivity index (χ0) is 17.8. The molecule has 0 radical (unpaired) electrons. The minimum absolute atomic E-state index is 0.311. The van der Waals surface area contributed by atoms with E-state index in [1.54, 1.807) is 18.4 Å². The maximum absolute atomic E-state index is 9.68. The van der Waals surface area contributed by atoms with Crippen molar-refractivity contribution < 1.29 is 9.94 Å². The summed E-state index contributed by atoms with van der Waals surface area (Å²) in [6, 6.07) is 0.323. The third-order valence-corrected chi connectivity index (χ3v) is 6.01. The van der Waals surface area contributed by atoms with Crippen LogP contribution in [0.1, 0.15) is 18.4 Å². The number of hydrazine groups is 1. The number of rotatable bonds is 5. The van der Waals surface area contributed by atoms with Crippen molar-refractivity contribution in [3.63, 3.8) is 0 Å². The monoisotopic (exact) mass is 365 g/mol. The predicted octanol–water partition coefficient (Wildman–Crippen LogP) is 1.08. The lowest BCUT2D eigenvalue weighted by Gasteiger charge is -2.61. The Balaban J connectivity index is 1.47. The van der Waals surface area contributed by atoms with E-state index in [1.807, 2.05) is 24.7 Å². The van der Waals surface area contributed by atoms with Crippen LogP contribution in [-0.4, -0.2) is 62.7 Å². The van der Waals surface area contributed by atoms with E-state index in [0.717, 1.165) is 65.3 Å². The van der Waals surface area contributed by atoms with E-state index in [9.17, 15) is 5.21 Å². The van der Waals surface area contributed by atoms with Gasteiger partial charge in [0.05, 0.1) is 13.3 Å². The number of hydrogen-bond acceptors (Lipinski definition) is 9. The van der Waals surface area contributed by atoms with Gasteiger partial charge in [0.1, 0.15) is 17.6 Å². The van der Waals surface area contributed by atoms with Gasteiger partial charge in [0.25, 0.3) is 0 Å². The number of aryl methyl sites for hydroxylation is 1. The topological polar surface area (TPSA) is 95.4 Å². The quantitative estimate of drug-likeness (QED) is 0.596. The molecule has 2 aliphatic rings. The zero-order valence-corrected chi connectivity index (χ0v) is 15.4. The molecule has 0 atom stereocenters. The molecule has 1 saturated heterocycles. The van der Waals surface area contributed by atoms with Crippen LogP contribution in [-0.2, 0) is 0 Å². The van der Waals surface area contributed by atoms with Crippen molar-refractivity contribution >= 4 is 23.5 Å². The van der Waals surface area contributed by atoms with Gasteiger partial charge in [0.15, 0.2) is 5.82 Å². The van der Waals surface area contributed by atoms with E-state index in [-0.39, 0.29) is 0 Å². The molecule has 3 N–H and O–H groups in total. The summed E-state index contributed by atoms with van der Waals surface area (Å²) in [5.74, 6) is 1.78. The first-order valence-corrected chi connectivity index (χ1v) is 9.02. The van der Waals surface area contributed by atoms with Crippen molar-refractivity contribution in [2.75, 3.05) is 32.1 Å². The maximum Gasteiger partial charge on any atom is 0.156 e. The van der Waals surface area contributed by atoms with Crippen LogP contribution in [0, 0.1) is 12.3 Å². The molecular formula is C15H23N7O2S. The number of ether oxygens (including phenoxy) is 1. The molecule has 2 fully saturated rings. The average Bonchev–Trinajstić information content (AvgIpc) is 2.88. The van der Waals surface area contributed by atoms with Crippen LogP contribution in [0.25, 0.3) is 5.52 Å². The molecule has 0 bridgehead atoms. The number of anilines is 1. The lowest BCUT2D eigenvalue weighted by Crippen LogP contribution is -2.67. The second-order valence-electron chi connectivity index (χ2n) is 7.05. The highest BCUT2D eigenvalue weighted by Crippen LogP contribution is 2.51. The zero-order valence-electron chi connectivity index (χ0n) is 14.6. The first-order valence-electron chi connectivity index (χ1n) is 8.18. The Morgan fingerprint density at radius 3 is 2.80 bits per heavy atom. The molecule has 1 aliphatic heterocycles. The van der Waals surface area contributed by atoms with Gasteiger partial charge < -0.3 is 9.64 Å². The summed E-state index contributed by atoms with van der Waals surface area (Å²) in [6.45, 7) is 3.97. The predicted molar refractivity (Wildman–Crippen MR) is 95.1 cm³/mol.